The number of nitrogens with zero attached hydrogens (tertiary/aromatic N) is 3. The van der Waals surface area contributed by atoms with Gasteiger partial charge in [-0.25, -0.2) is 18.4 Å². The number of carbonyl (C=O) groups is 1. The summed E-state index contributed by atoms with van der Waals surface area (Å²) in [4.78, 5) is 21.7. The summed E-state index contributed by atoms with van der Waals surface area (Å²) in [5, 5.41) is -0.220. The minimum Gasteiger partial charge on any atom is -0.378 e. The Labute approximate surface area is 146 Å². The molecule has 0 spiro atoms. The van der Waals surface area contributed by atoms with Gasteiger partial charge in [-0.3, -0.25) is 4.79 Å². The number of aromatic nitrogens is 2. The highest BCUT2D eigenvalue weighted by Crippen LogP contribution is 2.27. The lowest BCUT2D eigenvalue weighted by Crippen LogP contribution is -2.23. The first-order chi connectivity index (χ1) is 11.9. The number of amides is 1. The van der Waals surface area contributed by atoms with Crippen molar-refractivity contribution in [3.63, 3.8) is 0 Å². The van der Waals surface area contributed by atoms with Crippen LogP contribution in [-0.4, -0.2) is 44.2 Å². The predicted octanol–water partition coefficient (Wildman–Crippen LogP) is 1.82. The minimum atomic E-state index is -3.49. The summed E-state index contributed by atoms with van der Waals surface area (Å²) < 4.78 is 28.5. The van der Waals surface area contributed by atoms with Crippen LogP contribution < -0.4 is 4.90 Å². The van der Waals surface area contributed by atoms with Crippen LogP contribution in [0.3, 0.4) is 0 Å². The lowest BCUT2D eigenvalue weighted by Gasteiger charge is -2.16. The van der Waals surface area contributed by atoms with E-state index in [4.69, 9.17) is 4.74 Å². The maximum Gasteiger partial charge on any atom is 0.247 e. The van der Waals surface area contributed by atoms with Crippen LogP contribution in [0, 0.1) is 0 Å². The zero-order valence-electron chi connectivity index (χ0n) is 14.1. The molecule has 1 fully saturated rings. The summed E-state index contributed by atoms with van der Waals surface area (Å²) in [6.07, 6.45) is 4.02. The van der Waals surface area contributed by atoms with Gasteiger partial charge in [0.25, 0.3) is 0 Å². The van der Waals surface area contributed by atoms with E-state index in [0.29, 0.717) is 17.7 Å². The largest absolute Gasteiger partial charge is 0.378 e. The molecule has 8 heteroatoms. The van der Waals surface area contributed by atoms with Gasteiger partial charge in [0, 0.05) is 43.8 Å². The molecule has 1 amide bonds. The fraction of sp³-hybridized carbons (Fsp3) is 0.353. The molecule has 0 atom stereocenters. The summed E-state index contributed by atoms with van der Waals surface area (Å²) in [5.74, 6) is 0.133. The van der Waals surface area contributed by atoms with Gasteiger partial charge in [-0.15, -0.1) is 0 Å². The highest BCUT2D eigenvalue weighted by Gasteiger charge is 2.22. The van der Waals surface area contributed by atoms with Crippen LogP contribution in [0.2, 0.25) is 0 Å². The second kappa shape index (κ2) is 6.89. The third-order valence-electron chi connectivity index (χ3n) is 4.02. The summed E-state index contributed by atoms with van der Waals surface area (Å²) in [6, 6.07) is 7.50. The fourth-order valence-electron chi connectivity index (χ4n) is 2.81. The molecular weight excluding hydrogens is 342 g/mol. The number of benzene rings is 1. The van der Waals surface area contributed by atoms with Crippen LogP contribution in [-0.2, 0) is 26.0 Å². The Kier molecular flexibility index (Phi) is 4.82. The van der Waals surface area contributed by atoms with E-state index in [9.17, 15) is 13.2 Å². The zero-order chi connectivity index (χ0) is 18.0. The molecule has 0 bridgehead atoms. The number of hydrogen-bond acceptors (Lipinski definition) is 6. The maximum atomic E-state index is 11.8. The van der Waals surface area contributed by atoms with Gasteiger partial charge in [0.1, 0.15) is 0 Å². The van der Waals surface area contributed by atoms with Gasteiger partial charge in [0.15, 0.2) is 0 Å². The minimum absolute atomic E-state index is 0.133. The van der Waals surface area contributed by atoms with Gasteiger partial charge in [-0.1, -0.05) is 12.1 Å². The van der Waals surface area contributed by atoms with Gasteiger partial charge in [0.05, 0.1) is 12.3 Å². The lowest BCUT2D eigenvalue weighted by atomic mass is 10.1. The third kappa shape index (κ3) is 3.69. The Bertz CT molecular complexity index is 895. The standard InChI is InChI=1S/C17H19N3O4S/c1-24-11-15-14(10-18-17(19-15)25(2,22)23)12-5-7-13(8-6-12)20-9-3-4-16(20)21/h5-8,10H,3-4,9,11H2,1-2H3. The molecule has 0 N–H and O–H groups in total. The molecule has 0 saturated carbocycles. The van der Waals surface area contributed by atoms with Crippen LogP contribution in [0.1, 0.15) is 18.5 Å². The van der Waals surface area contributed by atoms with E-state index >= 15 is 0 Å². The van der Waals surface area contributed by atoms with E-state index in [2.05, 4.69) is 9.97 Å². The molecule has 25 heavy (non-hydrogen) atoms. The maximum absolute atomic E-state index is 11.8. The molecule has 1 aliphatic rings. The highest BCUT2D eigenvalue weighted by molar-refractivity contribution is 7.90. The second-order valence-corrected chi connectivity index (χ2v) is 7.82. The second-order valence-electron chi connectivity index (χ2n) is 5.91. The summed E-state index contributed by atoms with van der Waals surface area (Å²) in [5.41, 5.74) is 2.90. The van der Waals surface area contributed by atoms with Gasteiger partial charge >= 0.3 is 0 Å². The number of methoxy groups -OCH3 is 1. The first-order valence-corrected chi connectivity index (χ1v) is 9.75. The first kappa shape index (κ1) is 17.5. The Hall–Kier alpha value is -2.32. The highest BCUT2D eigenvalue weighted by atomic mass is 32.2. The van der Waals surface area contributed by atoms with Gasteiger partial charge in [-0.2, -0.15) is 0 Å². The fourth-order valence-corrected chi connectivity index (χ4v) is 3.33. The molecule has 1 saturated heterocycles. The molecule has 2 aromatic rings. The Morgan fingerprint density at radius 3 is 2.52 bits per heavy atom. The van der Waals surface area contributed by atoms with Crippen molar-refractivity contribution in [3.8, 4) is 11.1 Å². The van der Waals surface area contributed by atoms with Crippen LogP contribution in [0.5, 0.6) is 0 Å². The van der Waals surface area contributed by atoms with E-state index in [0.717, 1.165) is 30.5 Å². The molecule has 1 aliphatic heterocycles. The molecule has 1 aromatic heterocycles. The van der Waals surface area contributed by atoms with Crippen molar-refractivity contribution in [3.05, 3.63) is 36.2 Å². The molecule has 1 aromatic carbocycles. The molecule has 2 heterocycles. The molecule has 0 unspecified atom stereocenters. The predicted molar refractivity (Wildman–Crippen MR) is 92.9 cm³/mol. The first-order valence-electron chi connectivity index (χ1n) is 7.86. The number of carbonyl (C=O) groups excluding carboxylic acids is 1. The number of anilines is 1. The zero-order valence-corrected chi connectivity index (χ0v) is 14.9. The van der Waals surface area contributed by atoms with E-state index < -0.39 is 9.84 Å². The van der Waals surface area contributed by atoms with Crippen molar-refractivity contribution >= 4 is 21.4 Å². The Balaban J connectivity index is 1.96. The van der Waals surface area contributed by atoms with Crippen LogP contribution in [0.25, 0.3) is 11.1 Å². The number of ether oxygens (including phenoxy) is 1. The summed E-state index contributed by atoms with van der Waals surface area (Å²) in [6.45, 7) is 0.909. The molecular formula is C17H19N3O4S. The van der Waals surface area contributed by atoms with E-state index in [-0.39, 0.29) is 17.7 Å². The van der Waals surface area contributed by atoms with E-state index in [1.807, 2.05) is 24.3 Å². The van der Waals surface area contributed by atoms with Gasteiger partial charge in [-0.05, 0) is 24.1 Å². The lowest BCUT2D eigenvalue weighted by molar-refractivity contribution is -0.117. The SMILES string of the molecule is COCc1nc(S(C)(=O)=O)ncc1-c1ccc(N2CCCC2=O)cc1. The molecule has 132 valence electrons. The van der Waals surface area contributed by atoms with Gasteiger partial charge < -0.3 is 9.64 Å². The van der Waals surface area contributed by atoms with Crippen molar-refractivity contribution in [1.82, 2.24) is 9.97 Å². The van der Waals surface area contributed by atoms with Crippen LogP contribution >= 0.6 is 0 Å². The summed E-state index contributed by atoms with van der Waals surface area (Å²) in [7, 11) is -1.97. The summed E-state index contributed by atoms with van der Waals surface area (Å²) >= 11 is 0. The topological polar surface area (TPSA) is 89.5 Å². The number of hydrogen-bond donors (Lipinski definition) is 0. The smallest absolute Gasteiger partial charge is 0.247 e. The van der Waals surface area contributed by atoms with Crippen molar-refractivity contribution in [2.45, 2.75) is 24.6 Å². The van der Waals surface area contributed by atoms with E-state index in [1.165, 1.54) is 13.3 Å². The quantitative estimate of drug-likeness (QED) is 0.755. The normalized spacial score (nSPS) is 15.0. The number of sulfone groups is 1. The van der Waals surface area contributed by atoms with Crippen molar-refractivity contribution in [2.75, 3.05) is 24.8 Å². The monoisotopic (exact) mass is 361 g/mol. The Morgan fingerprint density at radius 2 is 1.96 bits per heavy atom. The van der Waals surface area contributed by atoms with Crippen LogP contribution in [0.4, 0.5) is 5.69 Å². The molecule has 3 rings (SSSR count). The number of rotatable bonds is 5. The van der Waals surface area contributed by atoms with E-state index in [1.54, 1.807) is 4.90 Å². The third-order valence-corrected chi connectivity index (χ3v) is 4.88. The molecule has 0 aliphatic carbocycles. The van der Waals surface area contributed by atoms with Gasteiger partial charge in [0.2, 0.25) is 20.9 Å². The van der Waals surface area contributed by atoms with Crippen molar-refractivity contribution in [2.24, 2.45) is 0 Å². The average Bonchev–Trinajstić information content (AvgIpc) is 3.00. The average molecular weight is 361 g/mol. The molecule has 7 nitrogen and oxygen atoms in total. The van der Waals surface area contributed by atoms with Crippen molar-refractivity contribution in [1.29, 1.82) is 0 Å². The molecule has 0 radical (unpaired) electrons. The van der Waals surface area contributed by atoms with Crippen molar-refractivity contribution < 1.29 is 17.9 Å². The van der Waals surface area contributed by atoms with Crippen LogP contribution in [0.15, 0.2) is 35.6 Å². The Morgan fingerprint density at radius 1 is 1.24 bits per heavy atom.